The van der Waals surface area contributed by atoms with Crippen molar-refractivity contribution >= 4 is 33.8 Å². The molecule has 0 spiro atoms. The standard InChI is InChI=1S/C39H32F6O2S2/c1-21-31-23(3)48-35(21)33-34(38(42,43)39(44,45)37(33,40)41)36-22(2)32(24(4)49-36)30-15-11-28(12-16-30)20-47-18-26-7-5-25(6-8-26)17-46-19-27-9-13-29(31)14-10-27/h5-16H,17-20H2,1-4H3. The Labute approximate surface area is 288 Å². The lowest BCUT2D eigenvalue weighted by atomic mass is 9.94. The van der Waals surface area contributed by atoms with Gasteiger partial charge in [0.05, 0.1) is 37.6 Å². The van der Waals surface area contributed by atoms with Gasteiger partial charge in [-0.05, 0) is 83.3 Å². The van der Waals surface area contributed by atoms with Crippen LogP contribution in [0.4, 0.5) is 26.3 Å². The van der Waals surface area contributed by atoms with Crippen molar-refractivity contribution in [2.24, 2.45) is 0 Å². The number of benzene rings is 3. The highest BCUT2D eigenvalue weighted by Gasteiger charge is 2.80. The third kappa shape index (κ3) is 5.48. The SMILES string of the molecule is Cc1sc2c(C)c1-c1ccc(cc1)COCc1ccc(cc1)COCc1ccc(cc1)-c1c(C)sc(c1C)C1=C2C(F)(F)C(F)(F)C1(F)F. The molecule has 0 atom stereocenters. The van der Waals surface area contributed by atoms with E-state index in [0.29, 0.717) is 58.4 Å². The normalized spacial score (nSPS) is 18.3. The number of hydrogen-bond donors (Lipinski definition) is 0. The number of allylic oxidation sites excluding steroid dienone is 2. The Balaban J connectivity index is 1.41. The summed E-state index contributed by atoms with van der Waals surface area (Å²) in [5.41, 5.74) is 4.09. The quantitative estimate of drug-likeness (QED) is 0.149. The molecule has 49 heavy (non-hydrogen) atoms. The number of halogens is 6. The molecule has 0 N–H and O–H groups in total. The molecule has 0 saturated heterocycles. The van der Waals surface area contributed by atoms with Crippen LogP contribution in [0.25, 0.3) is 33.4 Å². The molecule has 6 aliphatic rings. The predicted molar refractivity (Wildman–Crippen MR) is 184 cm³/mol. The summed E-state index contributed by atoms with van der Waals surface area (Å²) in [5, 5.41) is 0. The molecular weight excluding hydrogens is 679 g/mol. The number of ether oxygens (including phenoxy) is 2. The van der Waals surface area contributed by atoms with Gasteiger partial charge in [0.1, 0.15) is 0 Å². The Kier molecular flexibility index (Phi) is 8.45. The Morgan fingerprint density at radius 2 is 0.755 bits per heavy atom. The number of rotatable bonds is 0. The average molecular weight is 711 g/mol. The van der Waals surface area contributed by atoms with E-state index >= 15 is 26.3 Å². The van der Waals surface area contributed by atoms with Gasteiger partial charge in [0.25, 0.3) is 0 Å². The molecule has 2 nitrogen and oxygen atoms in total. The predicted octanol–water partition coefficient (Wildman–Crippen LogP) is 12.0. The van der Waals surface area contributed by atoms with Gasteiger partial charge < -0.3 is 9.47 Å². The Hall–Kier alpha value is -3.70. The average Bonchev–Trinajstić information content (AvgIpc) is 3.55. The van der Waals surface area contributed by atoms with Crippen molar-refractivity contribution in [3.8, 4) is 22.3 Å². The summed E-state index contributed by atoms with van der Waals surface area (Å²) >= 11 is 1.68. The highest BCUT2D eigenvalue weighted by atomic mass is 32.1. The molecule has 0 saturated carbocycles. The molecule has 7 heterocycles. The number of alkyl halides is 6. The van der Waals surface area contributed by atoms with Crippen LogP contribution < -0.4 is 0 Å². The summed E-state index contributed by atoms with van der Waals surface area (Å²) in [6.45, 7) is 7.88. The summed E-state index contributed by atoms with van der Waals surface area (Å²) in [7, 11) is 0. The maximum Gasteiger partial charge on any atom is 0.380 e. The third-order valence-corrected chi connectivity index (χ3v) is 11.8. The van der Waals surface area contributed by atoms with Gasteiger partial charge in [0, 0.05) is 19.5 Å². The number of thiophene rings is 2. The smallest absolute Gasteiger partial charge is 0.372 e. The highest BCUT2D eigenvalue weighted by molar-refractivity contribution is 7.15. The minimum Gasteiger partial charge on any atom is -0.372 e. The fraction of sp³-hybridized carbons (Fsp3) is 0.282. The van der Waals surface area contributed by atoms with Crippen LogP contribution in [-0.4, -0.2) is 17.8 Å². The molecule has 1 aliphatic carbocycles. The van der Waals surface area contributed by atoms with Crippen molar-refractivity contribution in [3.05, 3.63) is 126 Å². The summed E-state index contributed by atoms with van der Waals surface area (Å²) in [4.78, 5) is 0.589. The first-order valence-corrected chi connectivity index (χ1v) is 17.4. The van der Waals surface area contributed by atoms with Gasteiger partial charge in [-0.2, -0.15) is 26.3 Å². The van der Waals surface area contributed by atoms with E-state index in [-0.39, 0.29) is 20.9 Å². The van der Waals surface area contributed by atoms with Gasteiger partial charge in [-0.15, -0.1) is 22.7 Å². The van der Waals surface area contributed by atoms with Crippen LogP contribution in [0.1, 0.15) is 52.9 Å². The van der Waals surface area contributed by atoms with Crippen LogP contribution in [0, 0.1) is 27.7 Å². The van der Waals surface area contributed by atoms with Crippen molar-refractivity contribution < 1.29 is 35.8 Å². The summed E-state index contributed by atoms with van der Waals surface area (Å²) in [6.07, 6.45) is 0. The lowest BCUT2D eigenvalue weighted by Crippen LogP contribution is -2.48. The first kappa shape index (κ1) is 33.8. The first-order chi connectivity index (χ1) is 23.2. The van der Waals surface area contributed by atoms with Gasteiger partial charge in [-0.1, -0.05) is 72.8 Å². The van der Waals surface area contributed by atoms with Crippen LogP contribution in [0.15, 0.2) is 72.8 Å². The van der Waals surface area contributed by atoms with Crippen LogP contribution in [0.2, 0.25) is 0 Å². The zero-order chi connectivity index (χ0) is 34.9. The van der Waals surface area contributed by atoms with Crippen molar-refractivity contribution in [3.63, 3.8) is 0 Å². The van der Waals surface area contributed by atoms with E-state index < -0.39 is 28.9 Å². The molecule has 3 aromatic carbocycles. The van der Waals surface area contributed by atoms with Crippen molar-refractivity contribution in [2.75, 3.05) is 0 Å². The maximum absolute atomic E-state index is 15.9. The van der Waals surface area contributed by atoms with Crippen LogP contribution >= 0.6 is 22.7 Å². The molecule has 0 unspecified atom stereocenters. The molecule has 11 rings (SSSR count). The summed E-state index contributed by atoms with van der Waals surface area (Å²) < 4.78 is 106. The molecule has 0 fully saturated rings. The Bertz CT molecular complexity index is 1920. The minimum absolute atomic E-state index is 0.251. The molecular formula is C39H32F6O2S2. The van der Waals surface area contributed by atoms with E-state index in [9.17, 15) is 0 Å². The zero-order valence-electron chi connectivity index (χ0n) is 27.2. The van der Waals surface area contributed by atoms with Crippen LogP contribution in [-0.2, 0) is 35.9 Å². The molecule has 2 aromatic heterocycles. The topological polar surface area (TPSA) is 18.5 Å². The van der Waals surface area contributed by atoms with Gasteiger partial charge in [-0.25, -0.2) is 0 Å². The first-order valence-electron chi connectivity index (χ1n) is 15.7. The number of fused-ring (bicyclic) bond motifs is 1. The minimum atomic E-state index is -5.63. The van der Waals surface area contributed by atoms with E-state index in [0.717, 1.165) is 44.9 Å². The van der Waals surface area contributed by atoms with E-state index in [1.54, 1.807) is 38.1 Å². The lowest BCUT2D eigenvalue weighted by Gasteiger charge is -2.25. The van der Waals surface area contributed by atoms with E-state index in [4.69, 9.17) is 9.47 Å². The van der Waals surface area contributed by atoms with Gasteiger partial charge in [0.2, 0.25) is 0 Å². The number of hydrogen-bond acceptors (Lipinski definition) is 4. The largest absolute Gasteiger partial charge is 0.380 e. The molecule has 5 aromatic rings. The van der Waals surface area contributed by atoms with Gasteiger partial charge >= 0.3 is 17.8 Å². The molecule has 10 heteroatoms. The second-order valence-electron chi connectivity index (χ2n) is 12.6. The highest BCUT2D eigenvalue weighted by Crippen LogP contribution is 2.67. The zero-order valence-corrected chi connectivity index (χ0v) is 28.8. The van der Waals surface area contributed by atoms with Crippen molar-refractivity contribution in [1.29, 1.82) is 0 Å². The molecule has 0 radical (unpaired) electrons. The molecule has 10 bridgehead atoms. The second kappa shape index (κ2) is 12.3. The third-order valence-electron chi connectivity index (χ3n) is 9.35. The second-order valence-corrected chi connectivity index (χ2v) is 15.1. The Morgan fingerprint density at radius 3 is 1.06 bits per heavy atom. The lowest BCUT2D eigenvalue weighted by molar-refractivity contribution is -0.254. The Morgan fingerprint density at radius 1 is 0.469 bits per heavy atom. The summed E-state index contributed by atoms with van der Waals surface area (Å²) in [6, 6.07) is 22.6. The van der Waals surface area contributed by atoms with Gasteiger partial charge in [0.15, 0.2) is 0 Å². The fourth-order valence-corrected chi connectivity index (χ4v) is 9.34. The fourth-order valence-electron chi connectivity index (χ4n) is 6.81. The van der Waals surface area contributed by atoms with Crippen LogP contribution in [0.5, 0.6) is 0 Å². The maximum atomic E-state index is 15.9. The molecule has 5 aliphatic heterocycles. The van der Waals surface area contributed by atoms with Crippen molar-refractivity contribution in [1.82, 2.24) is 0 Å². The van der Waals surface area contributed by atoms with E-state index in [1.165, 1.54) is 13.8 Å². The van der Waals surface area contributed by atoms with E-state index in [2.05, 4.69) is 0 Å². The molecule has 0 amide bonds. The molecule has 254 valence electrons. The van der Waals surface area contributed by atoms with E-state index in [1.807, 2.05) is 48.5 Å². The number of aryl methyl sites for hydroxylation is 2. The van der Waals surface area contributed by atoms with Gasteiger partial charge in [-0.3, -0.25) is 0 Å². The van der Waals surface area contributed by atoms with Crippen LogP contribution in [0.3, 0.4) is 0 Å². The van der Waals surface area contributed by atoms with Crippen molar-refractivity contribution in [2.45, 2.75) is 71.9 Å². The monoisotopic (exact) mass is 710 g/mol. The summed E-state index contributed by atoms with van der Waals surface area (Å²) in [5.74, 6) is -15.9.